The third-order valence-corrected chi connectivity index (χ3v) is 6.53. The Morgan fingerprint density at radius 3 is 2.56 bits per heavy atom. The van der Waals surface area contributed by atoms with E-state index in [1.807, 2.05) is 42.5 Å². The normalized spacial score (nSPS) is 26.0. The number of hydrogen-bond acceptors (Lipinski definition) is 7. The molecule has 0 spiro atoms. The summed E-state index contributed by atoms with van der Waals surface area (Å²) in [6.45, 7) is 0.0329. The summed E-state index contributed by atoms with van der Waals surface area (Å²) < 4.78 is 17.1. The van der Waals surface area contributed by atoms with Crippen LogP contribution in [0.2, 0.25) is 5.02 Å². The molecule has 2 fully saturated rings. The Morgan fingerprint density at radius 1 is 1.06 bits per heavy atom. The number of nitrogens with zero attached hydrogens (tertiary/aromatic N) is 2. The number of benzene rings is 2. The fourth-order valence-corrected chi connectivity index (χ4v) is 4.73. The molecule has 0 aliphatic carbocycles. The van der Waals surface area contributed by atoms with Gasteiger partial charge in [0.25, 0.3) is 6.01 Å². The van der Waals surface area contributed by atoms with Gasteiger partial charge in [0.1, 0.15) is 12.2 Å². The first-order chi connectivity index (χ1) is 16.5. The maximum absolute atomic E-state index is 11.2. The van der Waals surface area contributed by atoms with Gasteiger partial charge in [-0.15, -0.1) is 0 Å². The summed E-state index contributed by atoms with van der Waals surface area (Å²) in [6, 6.07) is 20.1. The number of hydrogen-bond donors (Lipinski definition) is 2. The van der Waals surface area contributed by atoms with E-state index in [1.54, 1.807) is 6.07 Å². The van der Waals surface area contributed by atoms with E-state index < -0.39 is 23.9 Å². The van der Waals surface area contributed by atoms with Crippen LogP contribution in [-0.2, 0) is 14.3 Å². The van der Waals surface area contributed by atoms with Crippen LogP contribution in [-0.4, -0.2) is 63.5 Å². The highest BCUT2D eigenvalue weighted by atomic mass is 35.5. The maximum Gasteiger partial charge on any atom is 0.296 e. The van der Waals surface area contributed by atoms with Crippen LogP contribution in [0.25, 0.3) is 33.5 Å². The minimum atomic E-state index is -1.66. The van der Waals surface area contributed by atoms with E-state index in [0.717, 1.165) is 16.7 Å². The largest absolute Gasteiger partial charge is 0.456 e. The van der Waals surface area contributed by atoms with Crippen molar-refractivity contribution < 1.29 is 24.1 Å². The molecule has 0 saturated carbocycles. The van der Waals surface area contributed by atoms with Gasteiger partial charge in [0.15, 0.2) is 23.6 Å². The first kappa shape index (κ1) is 21.2. The molecular weight excluding hydrogens is 458 g/mol. The molecule has 172 valence electrons. The second-order valence-electron chi connectivity index (χ2n) is 8.47. The van der Waals surface area contributed by atoms with Gasteiger partial charge in [-0.3, -0.25) is 4.79 Å². The van der Waals surface area contributed by atoms with Crippen LogP contribution in [0.3, 0.4) is 0 Å². The fraction of sp³-hybridized carbons (Fsp3) is 0.240. The molecule has 4 aromatic rings. The summed E-state index contributed by atoms with van der Waals surface area (Å²) in [5.74, 6) is 0. The van der Waals surface area contributed by atoms with Crippen LogP contribution in [0, 0.1) is 0 Å². The molecule has 0 unspecified atom stereocenters. The number of aromatic amines is 1. The molecule has 0 radical (unpaired) electrons. The van der Waals surface area contributed by atoms with Crippen LogP contribution in [0.1, 0.15) is 0 Å². The highest BCUT2D eigenvalue weighted by molar-refractivity contribution is 6.33. The van der Waals surface area contributed by atoms with Gasteiger partial charge in [0, 0.05) is 5.56 Å². The van der Waals surface area contributed by atoms with E-state index in [0.29, 0.717) is 28.2 Å². The van der Waals surface area contributed by atoms with Gasteiger partial charge in [-0.25, -0.2) is 4.98 Å². The predicted octanol–water partition coefficient (Wildman–Crippen LogP) is 3.42. The SMILES string of the molecule is O=C[C@@]1(O)CO[C@@H]2[C@H](Oc3nc4nc(-c5ccc(-c6ccccc6)cc5)c(Cl)cc4[nH]3)CO[C@@H]21. The maximum atomic E-state index is 11.2. The van der Waals surface area contributed by atoms with Gasteiger partial charge in [-0.1, -0.05) is 66.2 Å². The molecule has 34 heavy (non-hydrogen) atoms. The average Bonchev–Trinajstić information content (AvgIpc) is 3.55. The Hall–Kier alpha value is -3.30. The number of nitrogens with one attached hydrogen (secondary N) is 1. The number of aldehydes is 1. The van der Waals surface area contributed by atoms with Crippen molar-refractivity contribution >= 4 is 29.1 Å². The van der Waals surface area contributed by atoms with E-state index in [1.165, 1.54) is 0 Å². The van der Waals surface area contributed by atoms with Crippen molar-refractivity contribution in [1.82, 2.24) is 15.0 Å². The molecule has 6 rings (SSSR count). The predicted molar refractivity (Wildman–Crippen MR) is 125 cm³/mol. The third-order valence-electron chi connectivity index (χ3n) is 6.24. The number of halogens is 1. The number of ether oxygens (including phenoxy) is 3. The molecule has 0 bridgehead atoms. The number of carbonyl (C=O) groups is 1. The number of aromatic nitrogens is 3. The monoisotopic (exact) mass is 477 g/mol. The molecule has 9 heteroatoms. The summed E-state index contributed by atoms with van der Waals surface area (Å²) in [7, 11) is 0. The average molecular weight is 478 g/mol. The molecule has 2 aromatic carbocycles. The standard InChI is InChI=1S/C25H20ClN3O5/c26-17-10-18-23(28-20(17)16-8-6-15(7-9-16)14-4-2-1-3-5-14)29-24(27-18)34-19-11-32-22-21(19)33-13-25(22,31)12-30/h1-10,12,19,21-22,31H,11,13H2,(H,27,28,29)/t19-,21-,22+,25-/m1/s1. The number of pyridine rings is 1. The number of carbonyl (C=O) groups excluding carboxylic acids is 1. The molecule has 4 heterocycles. The Bertz CT molecular complexity index is 1360. The van der Waals surface area contributed by atoms with Gasteiger partial charge in [0.2, 0.25) is 0 Å². The van der Waals surface area contributed by atoms with Crippen LogP contribution in [0.15, 0.2) is 60.7 Å². The van der Waals surface area contributed by atoms with E-state index >= 15 is 0 Å². The smallest absolute Gasteiger partial charge is 0.296 e. The van der Waals surface area contributed by atoms with Gasteiger partial charge in [-0.2, -0.15) is 4.98 Å². The highest BCUT2D eigenvalue weighted by Gasteiger charge is 2.57. The first-order valence-electron chi connectivity index (χ1n) is 10.8. The minimum absolute atomic E-state index is 0.130. The molecule has 2 aliphatic heterocycles. The zero-order chi connectivity index (χ0) is 23.3. The van der Waals surface area contributed by atoms with Crippen molar-refractivity contribution in [3.63, 3.8) is 0 Å². The molecule has 0 amide bonds. The lowest BCUT2D eigenvalue weighted by molar-refractivity contribution is -0.134. The van der Waals surface area contributed by atoms with Gasteiger partial charge in [-0.05, 0) is 17.2 Å². The van der Waals surface area contributed by atoms with E-state index in [9.17, 15) is 9.90 Å². The van der Waals surface area contributed by atoms with Crippen LogP contribution in [0.4, 0.5) is 0 Å². The number of H-pyrrole nitrogens is 1. The topological polar surface area (TPSA) is 107 Å². The van der Waals surface area contributed by atoms with Crippen molar-refractivity contribution in [3.05, 3.63) is 65.7 Å². The molecule has 2 saturated heterocycles. The fourth-order valence-electron chi connectivity index (χ4n) is 4.47. The molecule has 2 aromatic heterocycles. The van der Waals surface area contributed by atoms with Crippen molar-refractivity contribution in [2.75, 3.05) is 13.2 Å². The summed E-state index contributed by atoms with van der Waals surface area (Å²) >= 11 is 6.54. The van der Waals surface area contributed by atoms with Gasteiger partial charge in [0.05, 0.1) is 29.4 Å². The third kappa shape index (κ3) is 3.56. The van der Waals surface area contributed by atoms with Crippen molar-refractivity contribution in [2.24, 2.45) is 0 Å². The van der Waals surface area contributed by atoms with Crippen molar-refractivity contribution in [1.29, 1.82) is 0 Å². The van der Waals surface area contributed by atoms with Gasteiger partial charge < -0.3 is 24.3 Å². The molecule has 4 atom stereocenters. The summed E-state index contributed by atoms with van der Waals surface area (Å²) in [5, 5.41) is 10.8. The summed E-state index contributed by atoms with van der Waals surface area (Å²) in [5.41, 5.74) is 3.14. The zero-order valence-corrected chi connectivity index (χ0v) is 18.6. The second kappa shape index (κ2) is 8.18. The first-order valence-corrected chi connectivity index (χ1v) is 11.2. The van der Waals surface area contributed by atoms with Gasteiger partial charge >= 0.3 is 0 Å². The molecule has 2 N–H and O–H groups in total. The van der Waals surface area contributed by atoms with Crippen LogP contribution >= 0.6 is 11.6 Å². The number of fused-ring (bicyclic) bond motifs is 2. The van der Waals surface area contributed by atoms with E-state index in [-0.39, 0.29) is 19.2 Å². The Labute approximate surface area is 199 Å². The zero-order valence-electron chi connectivity index (χ0n) is 17.8. The van der Waals surface area contributed by atoms with Crippen molar-refractivity contribution in [2.45, 2.75) is 23.9 Å². The number of imidazole rings is 1. The van der Waals surface area contributed by atoms with Crippen LogP contribution in [0.5, 0.6) is 6.01 Å². The second-order valence-corrected chi connectivity index (χ2v) is 8.88. The quantitative estimate of drug-likeness (QED) is 0.424. The number of rotatable bonds is 5. The molecule has 2 aliphatic rings. The summed E-state index contributed by atoms with van der Waals surface area (Å²) in [4.78, 5) is 23.4. The van der Waals surface area contributed by atoms with E-state index in [4.69, 9.17) is 25.8 Å². The van der Waals surface area contributed by atoms with Crippen LogP contribution < -0.4 is 4.74 Å². The lowest BCUT2D eigenvalue weighted by Crippen LogP contribution is -2.45. The lowest BCUT2D eigenvalue weighted by Gasteiger charge is -2.19. The Kier molecular flexibility index (Phi) is 5.11. The van der Waals surface area contributed by atoms with E-state index in [2.05, 4.69) is 27.1 Å². The minimum Gasteiger partial charge on any atom is -0.456 e. The lowest BCUT2D eigenvalue weighted by atomic mass is 9.98. The summed E-state index contributed by atoms with van der Waals surface area (Å²) in [6.07, 6.45) is -1.41. The molecular formula is C25H20ClN3O5. The number of aliphatic hydroxyl groups is 1. The Balaban J connectivity index is 1.25. The highest BCUT2D eigenvalue weighted by Crippen LogP contribution is 2.35. The van der Waals surface area contributed by atoms with Crippen molar-refractivity contribution in [3.8, 4) is 28.4 Å². The molecule has 8 nitrogen and oxygen atoms in total. The Morgan fingerprint density at radius 2 is 1.79 bits per heavy atom.